The van der Waals surface area contributed by atoms with Gasteiger partial charge in [-0.1, -0.05) is 18.8 Å². The van der Waals surface area contributed by atoms with E-state index in [4.69, 9.17) is 25.4 Å². The fourth-order valence-corrected chi connectivity index (χ4v) is 2.14. The maximum Gasteiger partial charge on any atom is 0.158 e. The molecule has 0 N–H and O–H groups in total. The molecule has 0 aromatic heterocycles. The summed E-state index contributed by atoms with van der Waals surface area (Å²) in [6, 6.07) is 0. The summed E-state index contributed by atoms with van der Waals surface area (Å²) in [5.74, 6) is 8.30. The lowest BCUT2D eigenvalue weighted by Crippen LogP contribution is -2.22. The van der Waals surface area contributed by atoms with Crippen LogP contribution in [0, 0.1) is 24.2 Å². The lowest BCUT2D eigenvalue weighted by Gasteiger charge is -2.21. The Labute approximate surface area is 134 Å². The van der Waals surface area contributed by atoms with Gasteiger partial charge in [-0.15, -0.1) is 12.3 Å². The van der Waals surface area contributed by atoms with Crippen LogP contribution in [0.2, 0.25) is 0 Å². The van der Waals surface area contributed by atoms with Gasteiger partial charge in [-0.3, -0.25) is 0 Å². The third kappa shape index (κ3) is 9.82. The van der Waals surface area contributed by atoms with Gasteiger partial charge in [0, 0.05) is 19.6 Å². The zero-order chi connectivity index (χ0) is 15.9. The van der Waals surface area contributed by atoms with E-state index >= 15 is 0 Å². The molecule has 2 unspecified atom stereocenters. The standard InChI is InChI=1S/C10H16O2.C8H12O2/c1-2-3-5-8-11-10-7-4-6-9-12-10;1-2-6-9-8-5-3-4-7-10-8/h10H,2,4,6-9H2,1H3;1,8H,3-7H2. The molecule has 0 spiro atoms. The zero-order valence-electron chi connectivity index (χ0n) is 13.6. The molecule has 0 saturated carbocycles. The minimum Gasteiger partial charge on any atom is -0.353 e. The van der Waals surface area contributed by atoms with E-state index in [1.165, 1.54) is 19.3 Å². The third-order valence-electron chi connectivity index (χ3n) is 3.27. The van der Waals surface area contributed by atoms with E-state index in [0.717, 1.165) is 38.9 Å². The second-order valence-corrected chi connectivity index (χ2v) is 5.13. The van der Waals surface area contributed by atoms with Crippen molar-refractivity contribution in [1.29, 1.82) is 0 Å². The smallest absolute Gasteiger partial charge is 0.158 e. The molecule has 124 valence electrons. The fourth-order valence-electron chi connectivity index (χ4n) is 2.14. The fraction of sp³-hybridized carbons (Fsp3) is 0.778. The lowest BCUT2D eigenvalue weighted by atomic mass is 10.2. The van der Waals surface area contributed by atoms with Crippen LogP contribution in [-0.2, 0) is 18.9 Å². The molecule has 0 aliphatic carbocycles. The SMILES string of the molecule is C#CCOC1CCCCO1.CCC#CCOC1CCCCO1. The zero-order valence-corrected chi connectivity index (χ0v) is 13.6. The summed E-state index contributed by atoms with van der Waals surface area (Å²) >= 11 is 0. The first-order valence-corrected chi connectivity index (χ1v) is 8.22. The van der Waals surface area contributed by atoms with Crippen molar-refractivity contribution < 1.29 is 18.9 Å². The van der Waals surface area contributed by atoms with Crippen LogP contribution < -0.4 is 0 Å². The molecule has 0 bridgehead atoms. The quantitative estimate of drug-likeness (QED) is 0.748. The maximum atomic E-state index is 5.39. The monoisotopic (exact) mass is 308 g/mol. The van der Waals surface area contributed by atoms with Crippen LogP contribution in [0.5, 0.6) is 0 Å². The molecular weight excluding hydrogens is 280 g/mol. The average Bonchev–Trinajstić information content (AvgIpc) is 2.59. The molecule has 0 aromatic carbocycles. The van der Waals surface area contributed by atoms with Crippen LogP contribution in [0.25, 0.3) is 0 Å². The van der Waals surface area contributed by atoms with E-state index in [9.17, 15) is 0 Å². The minimum absolute atomic E-state index is 0.00454. The Kier molecular flexibility index (Phi) is 11.8. The van der Waals surface area contributed by atoms with Crippen LogP contribution in [0.3, 0.4) is 0 Å². The highest BCUT2D eigenvalue weighted by Crippen LogP contribution is 2.13. The molecule has 2 saturated heterocycles. The van der Waals surface area contributed by atoms with Crippen molar-refractivity contribution in [3.63, 3.8) is 0 Å². The Balaban J connectivity index is 0.000000224. The lowest BCUT2D eigenvalue weighted by molar-refractivity contribution is -0.154. The average molecular weight is 308 g/mol. The molecule has 0 radical (unpaired) electrons. The molecule has 2 heterocycles. The summed E-state index contributed by atoms with van der Waals surface area (Å²) < 4.78 is 21.2. The van der Waals surface area contributed by atoms with Crippen LogP contribution in [-0.4, -0.2) is 39.0 Å². The largest absolute Gasteiger partial charge is 0.353 e. The summed E-state index contributed by atoms with van der Waals surface area (Å²) in [5.41, 5.74) is 0. The highest BCUT2D eigenvalue weighted by atomic mass is 16.7. The van der Waals surface area contributed by atoms with E-state index in [0.29, 0.717) is 13.2 Å². The van der Waals surface area contributed by atoms with Gasteiger partial charge >= 0.3 is 0 Å². The minimum atomic E-state index is -0.0372. The van der Waals surface area contributed by atoms with Gasteiger partial charge < -0.3 is 18.9 Å². The summed E-state index contributed by atoms with van der Waals surface area (Å²) in [6.07, 6.45) is 12.6. The number of terminal acetylenes is 1. The van der Waals surface area contributed by atoms with Crippen molar-refractivity contribution in [3.8, 4) is 24.2 Å². The molecule has 22 heavy (non-hydrogen) atoms. The Hall–Kier alpha value is -1.04. The Bertz CT molecular complexity index is 352. The van der Waals surface area contributed by atoms with Crippen LogP contribution in [0.1, 0.15) is 51.9 Å². The topological polar surface area (TPSA) is 36.9 Å². The summed E-state index contributed by atoms with van der Waals surface area (Å²) in [7, 11) is 0. The molecule has 4 heteroatoms. The molecule has 4 nitrogen and oxygen atoms in total. The maximum absolute atomic E-state index is 5.39. The van der Waals surface area contributed by atoms with E-state index in [1.807, 2.05) is 6.92 Å². The Morgan fingerprint density at radius 2 is 1.50 bits per heavy atom. The van der Waals surface area contributed by atoms with E-state index in [2.05, 4.69) is 17.8 Å². The van der Waals surface area contributed by atoms with Gasteiger partial charge in [-0.05, 0) is 38.5 Å². The molecular formula is C18H28O4. The van der Waals surface area contributed by atoms with Gasteiger partial charge in [-0.2, -0.15) is 0 Å². The third-order valence-corrected chi connectivity index (χ3v) is 3.27. The van der Waals surface area contributed by atoms with Crippen molar-refractivity contribution in [1.82, 2.24) is 0 Å². The van der Waals surface area contributed by atoms with Crippen LogP contribution in [0.15, 0.2) is 0 Å². The van der Waals surface area contributed by atoms with Crippen LogP contribution >= 0.6 is 0 Å². The van der Waals surface area contributed by atoms with Gasteiger partial charge in [0.2, 0.25) is 0 Å². The summed E-state index contributed by atoms with van der Waals surface area (Å²) in [6.45, 7) is 4.56. The first-order valence-electron chi connectivity index (χ1n) is 8.22. The van der Waals surface area contributed by atoms with E-state index < -0.39 is 0 Å². The molecule has 2 aliphatic rings. The molecule has 2 fully saturated rings. The Morgan fingerprint density at radius 3 is 1.95 bits per heavy atom. The molecule has 2 aliphatic heterocycles. The number of ether oxygens (including phenoxy) is 4. The van der Waals surface area contributed by atoms with Crippen molar-refractivity contribution in [2.24, 2.45) is 0 Å². The molecule has 2 rings (SSSR count). The highest BCUT2D eigenvalue weighted by molar-refractivity contribution is 4.97. The molecule has 0 aromatic rings. The predicted molar refractivity (Wildman–Crippen MR) is 86.0 cm³/mol. The second kappa shape index (κ2) is 13.6. The first-order chi connectivity index (χ1) is 10.9. The van der Waals surface area contributed by atoms with Crippen molar-refractivity contribution in [2.45, 2.75) is 64.4 Å². The van der Waals surface area contributed by atoms with Gasteiger partial charge in [0.15, 0.2) is 12.6 Å². The highest BCUT2D eigenvalue weighted by Gasteiger charge is 2.13. The van der Waals surface area contributed by atoms with Crippen LogP contribution in [0.4, 0.5) is 0 Å². The van der Waals surface area contributed by atoms with E-state index in [1.54, 1.807) is 0 Å². The number of hydrogen-bond acceptors (Lipinski definition) is 4. The normalized spacial score (nSPS) is 24.2. The van der Waals surface area contributed by atoms with Gasteiger partial charge in [0.1, 0.15) is 13.2 Å². The summed E-state index contributed by atoms with van der Waals surface area (Å²) in [5, 5.41) is 0. The van der Waals surface area contributed by atoms with Crippen molar-refractivity contribution in [3.05, 3.63) is 0 Å². The number of rotatable bonds is 4. The predicted octanol–water partition coefficient (Wildman–Crippen LogP) is 3.11. The summed E-state index contributed by atoms with van der Waals surface area (Å²) in [4.78, 5) is 0. The van der Waals surface area contributed by atoms with Gasteiger partial charge in [-0.25, -0.2) is 0 Å². The van der Waals surface area contributed by atoms with Gasteiger partial charge in [0.25, 0.3) is 0 Å². The van der Waals surface area contributed by atoms with E-state index in [-0.39, 0.29) is 12.6 Å². The molecule has 2 atom stereocenters. The first kappa shape index (κ1) is 19.0. The number of hydrogen-bond donors (Lipinski definition) is 0. The van der Waals surface area contributed by atoms with Crippen molar-refractivity contribution in [2.75, 3.05) is 26.4 Å². The van der Waals surface area contributed by atoms with Gasteiger partial charge in [0.05, 0.1) is 0 Å². The Morgan fingerprint density at radius 1 is 0.909 bits per heavy atom. The second-order valence-electron chi connectivity index (χ2n) is 5.13. The van der Waals surface area contributed by atoms with Crippen molar-refractivity contribution >= 4 is 0 Å². The molecule has 0 amide bonds.